The van der Waals surface area contributed by atoms with E-state index >= 15 is 0 Å². The lowest BCUT2D eigenvalue weighted by molar-refractivity contribution is 0.0285. The molecule has 124 valence electrons. The summed E-state index contributed by atoms with van der Waals surface area (Å²) < 4.78 is 5.44. The topological polar surface area (TPSA) is 45.7 Å². The number of ether oxygens (including phenoxy) is 1. The number of likely N-dealkylation sites (tertiary alicyclic amines) is 1. The minimum absolute atomic E-state index is 0.185. The molecule has 1 aliphatic rings. The first kappa shape index (κ1) is 17.2. The van der Waals surface area contributed by atoms with E-state index in [0.717, 1.165) is 37.6 Å². The fourth-order valence-corrected chi connectivity index (χ4v) is 3.60. The molecule has 0 spiro atoms. The number of hydrogen-bond donors (Lipinski definition) is 0. The molecule has 5 nitrogen and oxygen atoms in total. The predicted octanol–water partition coefficient (Wildman–Crippen LogP) is 3.14. The summed E-state index contributed by atoms with van der Waals surface area (Å²) in [6, 6.07) is 0. The highest BCUT2D eigenvalue weighted by atomic mass is 32.1. The Labute approximate surface area is 137 Å². The van der Waals surface area contributed by atoms with E-state index in [1.807, 2.05) is 38.8 Å². The lowest BCUT2D eigenvalue weighted by Gasteiger charge is -2.25. The molecule has 22 heavy (non-hydrogen) atoms. The molecule has 0 unspecified atom stereocenters. The average Bonchev–Trinajstić information content (AvgIpc) is 2.96. The molecule has 0 radical (unpaired) electrons. The molecule has 1 fully saturated rings. The molecule has 1 aromatic heterocycles. The molecule has 1 aliphatic heterocycles. The van der Waals surface area contributed by atoms with E-state index in [-0.39, 0.29) is 6.09 Å². The monoisotopic (exact) mass is 325 g/mol. The Kier molecular flexibility index (Phi) is 5.45. The Morgan fingerprint density at radius 3 is 2.86 bits per heavy atom. The molecule has 0 saturated carbocycles. The van der Waals surface area contributed by atoms with Gasteiger partial charge in [0.05, 0.1) is 5.01 Å². The Bertz CT molecular complexity index is 510. The third kappa shape index (κ3) is 5.25. The molecular weight excluding hydrogens is 298 g/mol. The molecule has 1 aromatic rings. The Balaban J connectivity index is 1.77. The van der Waals surface area contributed by atoms with Crippen molar-refractivity contribution < 1.29 is 9.53 Å². The zero-order valence-electron chi connectivity index (χ0n) is 14.3. The number of amides is 1. The highest BCUT2D eigenvalue weighted by Gasteiger charge is 2.30. The minimum Gasteiger partial charge on any atom is -0.444 e. The van der Waals surface area contributed by atoms with Crippen LogP contribution in [0.4, 0.5) is 4.79 Å². The second kappa shape index (κ2) is 6.96. The first-order valence-corrected chi connectivity index (χ1v) is 8.62. The second-order valence-corrected chi connectivity index (χ2v) is 8.44. The van der Waals surface area contributed by atoms with Crippen LogP contribution in [0, 0.1) is 12.8 Å². The van der Waals surface area contributed by atoms with Crippen molar-refractivity contribution >= 4 is 17.4 Å². The Morgan fingerprint density at radius 1 is 1.55 bits per heavy atom. The second-order valence-electron chi connectivity index (χ2n) is 7.12. The fourth-order valence-electron chi connectivity index (χ4n) is 2.72. The van der Waals surface area contributed by atoms with Crippen LogP contribution in [0.1, 0.15) is 37.1 Å². The molecule has 1 saturated heterocycles. The Morgan fingerprint density at radius 2 is 2.27 bits per heavy atom. The standard InChI is InChI=1S/C16H27N3O2S/c1-12-17-8-14(22-12)11-18(5)9-13-6-7-19(10-13)15(20)21-16(2,3)4/h8,13H,6-7,9-11H2,1-5H3/t13-/m0/s1. The van der Waals surface area contributed by atoms with E-state index in [1.54, 1.807) is 11.3 Å². The van der Waals surface area contributed by atoms with Gasteiger partial charge in [-0.25, -0.2) is 9.78 Å². The van der Waals surface area contributed by atoms with Gasteiger partial charge in [-0.1, -0.05) is 0 Å². The van der Waals surface area contributed by atoms with Gasteiger partial charge in [0.25, 0.3) is 0 Å². The van der Waals surface area contributed by atoms with E-state index in [4.69, 9.17) is 4.74 Å². The van der Waals surface area contributed by atoms with Crippen molar-refractivity contribution in [2.45, 2.75) is 46.3 Å². The van der Waals surface area contributed by atoms with Gasteiger partial charge in [-0.15, -0.1) is 11.3 Å². The van der Waals surface area contributed by atoms with Crippen LogP contribution in [-0.2, 0) is 11.3 Å². The number of hydrogen-bond acceptors (Lipinski definition) is 5. The van der Waals surface area contributed by atoms with Crippen molar-refractivity contribution in [1.29, 1.82) is 0 Å². The number of thiazole rings is 1. The maximum absolute atomic E-state index is 12.1. The smallest absolute Gasteiger partial charge is 0.410 e. The molecule has 1 amide bonds. The molecular formula is C16H27N3O2S. The third-order valence-electron chi connectivity index (χ3n) is 3.60. The van der Waals surface area contributed by atoms with Crippen LogP contribution >= 0.6 is 11.3 Å². The number of aromatic nitrogens is 1. The van der Waals surface area contributed by atoms with Crippen molar-refractivity contribution in [3.63, 3.8) is 0 Å². The summed E-state index contributed by atoms with van der Waals surface area (Å²) in [4.78, 5) is 21.8. The minimum atomic E-state index is -0.421. The van der Waals surface area contributed by atoms with Crippen LogP contribution in [0.15, 0.2) is 6.20 Å². The largest absolute Gasteiger partial charge is 0.444 e. The van der Waals surface area contributed by atoms with Gasteiger partial charge < -0.3 is 14.5 Å². The van der Waals surface area contributed by atoms with Crippen molar-refractivity contribution in [1.82, 2.24) is 14.8 Å². The van der Waals surface area contributed by atoms with Gasteiger partial charge in [0, 0.05) is 37.3 Å². The molecule has 2 rings (SSSR count). The summed E-state index contributed by atoms with van der Waals surface area (Å²) in [6.07, 6.45) is 2.82. The normalized spacial score (nSPS) is 19.0. The highest BCUT2D eigenvalue weighted by Crippen LogP contribution is 2.21. The maximum Gasteiger partial charge on any atom is 0.410 e. The first-order chi connectivity index (χ1) is 10.2. The summed E-state index contributed by atoms with van der Waals surface area (Å²) in [7, 11) is 2.13. The van der Waals surface area contributed by atoms with Crippen LogP contribution in [0.3, 0.4) is 0 Å². The maximum atomic E-state index is 12.1. The molecule has 6 heteroatoms. The van der Waals surface area contributed by atoms with Gasteiger partial charge >= 0.3 is 6.09 Å². The van der Waals surface area contributed by atoms with Crippen LogP contribution < -0.4 is 0 Å². The highest BCUT2D eigenvalue weighted by molar-refractivity contribution is 7.11. The van der Waals surface area contributed by atoms with Crippen LogP contribution in [0.25, 0.3) is 0 Å². The fraction of sp³-hybridized carbons (Fsp3) is 0.750. The lowest BCUT2D eigenvalue weighted by Crippen LogP contribution is -2.36. The summed E-state index contributed by atoms with van der Waals surface area (Å²) in [5.41, 5.74) is -0.421. The van der Waals surface area contributed by atoms with E-state index in [0.29, 0.717) is 5.92 Å². The van der Waals surface area contributed by atoms with Gasteiger partial charge in [0.15, 0.2) is 0 Å². The molecule has 0 bridgehead atoms. The lowest BCUT2D eigenvalue weighted by atomic mass is 10.1. The van der Waals surface area contributed by atoms with Gasteiger partial charge in [-0.05, 0) is 47.1 Å². The van der Waals surface area contributed by atoms with Gasteiger partial charge in [0.2, 0.25) is 0 Å². The number of carbonyl (C=O) groups is 1. The van der Waals surface area contributed by atoms with Gasteiger partial charge in [0.1, 0.15) is 5.60 Å². The number of carbonyl (C=O) groups excluding carboxylic acids is 1. The van der Waals surface area contributed by atoms with E-state index in [2.05, 4.69) is 16.9 Å². The molecule has 0 aliphatic carbocycles. The first-order valence-electron chi connectivity index (χ1n) is 7.81. The summed E-state index contributed by atoms with van der Waals surface area (Å²) in [5, 5.41) is 1.11. The van der Waals surface area contributed by atoms with Crippen LogP contribution in [-0.4, -0.2) is 53.2 Å². The Hall–Kier alpha value is -1.14. The summed E-state index contributed by atoms with van der Waals surface area (Å²) in [5.74, 6) is 0.520. The summed E-state index contributed by atoms with van der Waals surface area (Å²) >= 11 is 1.75. The van der Waals surface area contributed by atoms with Crippen molar-refractivity contribution in [2.24, 2.45) is 5.92 Å². The number of aryl methyl sites for hydroxylation is 1. The average molecular weight is 325 g/mol. The van der Waals surface area contributed by atoms with Crippen molar-refractivity contribution in [3.05, 3.63) is 16.1 Å². The van der Waals surface area contributed by atoms with Crippen molar-refractivity contribution in [2.75, 3.05) is 26.7 Å². The quantitative estimate of drug-likeness (QED) is 0.853. The summed E-state index contributed by atoms with van der Waals surface area (Å²) in [6.45, 7) is 11.3. The molecule has 0 aromatic carbocycles. The third-order valence-corrected chi connectivity index (χ3v) is 4.50. The SMILES string of the molecule is Cc1ncc(CN(C)C[C@@H]2CCN(C(=O)OC(C)(C)C)C2)s1. The number of rotatable bonds is 4. The zero-order chi connectivity index (χ0) is 16.3. The van der Waals surface area contributed by atoms with Crippen LogP contribution in [0.5, 0.6) is 0 Å². The molecule has 0 N–H and O–H groups in total. The van der Waals surface area contributed by atoms with E-state index in [9.17, 15) is 4.79 Å². The molecule has 1 atom stereocenters. The zero-order valence-corrected chi connectivity index (χ0v) is 15.1. The molecule has 2 heterocycles. The van der Waals surface area contributed by atoms with Gasteiger partial charge in [-0.2, -0.15) is 0 Å². The van der Waals surface area contributed by atoms with E-state index in [1.165, 1.54) is 4.88 Å². The predicted molar refractivity (Wildman–Crippen MR) is 89.1 cm³/mol. The van der Waals surface area contributed by atoms with E-state index < -0.39 is 5.60 Å². The van der Waals surface area contributed by atoms with Crippen molar-refractivity contribution in [3.8, 4) is 0 Å². The van der Waals surface area contributed by atoms with Crippen LogP contribution in [0.2, 0.25) is 0 Å². The van der Waals surface area contributed by atoms with Gasteiger partial charge in [-0.3, -0.25) is 0 Å². The number of nitrogens with zero attached hydrogens (tertiary/aromatic N) is 3.